The second-order valence-corrected chi connectivity index (χ2v) is 8.19. The van der Waals surface area contributed by atoms with Crippen LogP contribution in [0.5, 0.6) is 5.75 Å². The largest absolute Gasteiger partial charge is 0.480 e. The second kappa shape index (κ2) is 10.0. The summed E-state index contributed by atoms with van der Waals surface area (Å²) in [6, 6.07) is 17.9. The second-order valence-electron chi connectivity index (χ2n) is 8.19. The lowest BCUT2D eigenvalue weighted by Gasteiger charge is -2.32. The molecule has 0 aliphatic carbocycles. The lowest BCUT2D eigenvalue weighted by atomic mass is 10.0. The number of nitrogens with zero attached hydrogens (tertiary/aromatic N) is 1. The van der Waals surface area contributed by atoms with Gasteiger partial charge in [0.1, 0.15) is 22.9 Å². The van der Waals surface area contributed by atoms with Gasteiger partial charge in [-0.05, 0) is 48.7 Å². The molecule has 1 N–H and O–H groups in total. The third kappa shape index (κ3) is 4.64. The molecule has 3 aromatic rings. The van der Waals surface area contributed by atoms with Crippen LogP contribution in [0.2, 0.25) is 0 Å². The maximum Gasteiger partial charge on any atom is 0.264 e. The maximum atomic E-state index is 14.0. The highest BCUT2D eigenvalue weighted by molar-refractivity contribution is 6.04. The summed E-state index contributed by atoms with van der Waals surface area (Å²) < 4.78 is 34.1. The quantitative estimate of drug-likeness (QED) is 0.497. The molecule has 2 amide bonds. The number of hydrogen-bond acceptors (Lipinski definition) is 3. The molecule has 5 nitrogen and oxygen atoms in total. The van der Waals surface area contributed by atoms with Crippen molar-refractivity contribution < 1.29 is 23.1 Å². The number of carbonyl (C=O) groups excluding carboxylic acids is 2. The number of benzene rings is 3. The molecular weight excluding hydrogens is 438 g/mol. The van der Waals surface area contributed by atoms with Gasteiger partial charge in [-0.2, -0.15) is 0 Å². The van der Waals surface area contributed by atoms with E-state index in [0.717, 1.165) is 17.7 Å². The summed E-state index contributed by atoms with van der Waals surface area (Å²) in [6.45, 7) is 4.20. The standard InChI is InChI=1S/C27H26F2N2O3/c1-3-22(17-9-6-5-7-10-17)31-16-18-15-19(13-14-24(18)34-23(4-2)27(31)33)30-26(32)25-20(28)11-8-12-21(25)29/h5-15,22-23H,3-4,16H2,1-2H3,(H,30,32)/t22-,23-/m0/s1. The van der Waals surface area contributed by atoms with E-state index in [1.165, 1.54) is 6.07 Å². The fourth-order valence-corrected chi connectivity index (χ4v) is 4.29. The Labute approximate surface area is 197 Å². The number of anilines is 1. The highest BCUT2D eigenvalue weighted by atomic mass is 19.1. The number of halogens is 2. The van der Waals surface area contributed by atoms with Crippen LogP contribution in [0.25, 0.3) is 0 Å². The summed E-state index contributed by atoms with van der Waals surface area (Å²) in [6.07, 6.45) is 0.585. The lowest BCUT2D eigenvalue weighted by molar-refractivity contribution is -0.141. The average Bonchev–Trinajstić information content (AvgIpc) is 2.96. The van der Waals surface area contributed by atoms with Gasteiger partial charge in [-0.3, -0.25) is 9.59 Å². The monoisotopic (exact) mass is 464 g/mol. The van der Waals surface area contributed by atoms with E-state index in [1.54, 1.807) is 23.1 Å². The Balaban J connectivity index is 1.67. The first kappa shape index (κ1) is 23.4. The van der Waals surface area contributed by atoms with Gasteiger partial charge in [-0.25, -0.2) is 8.78 Å². The van der Waals surface area contributed by atoms with Crippen LogP contribution in [0, 0.1) is 11.6 Å². The van der Waals surface area contributed by atoms with Crippen LogP contribution in [0.4, 0.5) is 14.5 Å². The van der Waals surface area contributed by atoms with Crippen molar-refractivity contribution in [2.24, 2.45) is 0 Å². The summed E-state index contributed by atoms with van der Waals surface area (Å²) in [4.78, 5) is 27.8. The number of hydrogen-bond donors (Lipinski definition) is 1. The summed E-state index contributed by atoms with van der Waals surface area (Å²) >= 11 is 0. The normalized spacial score (nSPS) is 16.3. The molecule has 2 atom stereocenters. The molecule has 7 heteroatoms. The van der Waals surface area contributed by atoms with Crippen molar-refractivity contribution in [2.75, 3.05) is 5.32 Å². The summed E-state index contributed by atoms with van der Waals surface area (Å²) in [7, 11) is 0. The molecule has 0 saturated carbocycles. The van der Waals surface area contributed by atoms with E-state index in [0.29, 0.717) is 29.8 Å². The Bertz CT molecular complexity index is 1180. The summed E-state index contributed by atoms with van der Waals surface area (Å²) in [5.74, 6) is -2.33. The van der Waals surface area contributed by atoms with Crippen LogP contribution in [0.1, 0.15) is 54.2 Å². The molecule has 0 bridgehead atoms. The Morgan fingerprint density at radius 1 is 1.06 bits per heavy atom. The minimum atomic E-state index is -0.938. The van der Waals surface area contributed by atoms with Crippen molar-refractivity contribution >= 4 is 17.5 Å². The Hall–Kier alpha value is -3.74. The third-order valence-corrected chi connectivity index (χ3v) is 5.99. The van der Waals surface area contributed by atoms with Gasteiger partial charge in [0, 0.05) is 11.3 Å². The minimum absolute atomic E-state index is 0.103. The van der Waals surface area contributed by atoms with E-state index >= 15 is 0 Å². The summed E-state index contributed by atoms with van der Waals surface area (Å²) in [5.41, 5.74) is 1.43. The first-order chi connectivity index (χ1) is 16.4. The smallest absolute Gasteiger partial charge is 0.264 e. The van der Waals surface area contributed by atoms with Crippen LogP contribution < -0.4 is 10.1 Å². The van der Waals surface area contributed by atoms with Gasteiger partial charge in [0.2, 0.25) is 0 Å². The van der Waals surface area contributed by atoms with E-state index in [4.69, 9.17) is 4.74 Å². The first-order valence-electron chi connectivity index (χ1n) is 11.3. The Kier molecular flexibility index (Phi) is 6.91. The van der Waals surface area contributed by atoms with Gasteiger partial charge in [0.05, 0.1) is 12.6 Å². The van der Waals surface area contributed by atoms with Crippen molar-refractivity contribution in [1.29, 1.82) is 0 Å². The van der Waals surface area contributed by atoms with Gasteiger partial charge < -0.3 is 15.0 Å². The highest BCUT2D eigenvalue weighted by Gasteiger charge is 2.34. The zero-order valence-electron chi connectivity index (χ0n) is 19.1. The summed E-state index contributed by atoms with van der Waals surface area (Å²) in [5, 5.41) is 2.56. The molecule has 0 fully saturated rings. The zero-order valence-corrected chi connectivity index (χ0v) is 19.1. The fourth-order valence-electron chi connectivity index (χ4n) is 4.29. The Morgan fingerprint density at radius 3 is 2.41 bits per heavy atom. The molecule has 1 heterocycles. The molecule has 0 unspecified atom stereocenters. The molecule has 0 aromatic heterocycles. The third-order valence-electron chi connectivity index (χ3n) is 5.99. The SMILES string of the molecule is CC[C@@H]1Oc2ccc(NC(=O)c3c(F)cccc3F)cc2CN([C@@H](CC)c2ccccc2)C1=O. The van der Waals surface area contributed by atoms with Gasteiger partial charge in [-0.15, -0.1) is 0 Å². The molecule has 176 valence electrons. The van der Waals surface area contributed by atoms with E-state index < -0.39 is 29.2 Å². The predicted octanol–water partition coefficient (Wildman–Crippen LogP) is 5.87. The van der Waals surface area contributed by atoms with Gasteiger partial charge >= 0.3 is 0 Å². The number of carbonyl (C=O) groups is 2. The molecule has 0 saturated heterocycles. The van der Waals surface area contributed by atoms with Crippen molar-refractivity contribution in [2.45, 2.75) is 45.4 Å². The van der Waals surface area contributed by atoms with Crippen molar-refractivity contribution in [3.05, 3.63) is 95.1 Å². The number of fused-ring (bicyclic) bond motifs is 1. The predicted molar refractivity (Wildman–Crippen MR) is 125 cm³/mol. The van der Waals surface area contributed by atoms with E-state index in [9.17, 15) is 18.4 Å². The van der Waals surface area contributed by atoms with Gasteiger partial charge in [0.25, 0.3) is 11.8 Å². The van der Waals surface area contributed by atoms with Crippen LogP contribution in [0.3, 0.4) is 0 Å². The molecule has 1 aliphatic rings. The van der Waals surface area contributed by atoms with Crippen LogP contribution in [-0.4, -0.2) is 22.8 Å². The molecule has 1 aliphatic heterocycles. The van der Waals surface area contributed by atoms with Gasteiger partial charge in [-0.1, -0.05) is 50.2 Å². The molecular formula is C27H26F2N2O3. The number of amides is 2. The number of nitrogens with one attached hydrogen (secondary N) is 1. The lowest BCUT2D eigenvalue weighted by Crippen LogP contribution is -2.41. The van der Waals surface area contributed by atoms with E-state index in [2.05, 4.69) is 5.32 Å². The van der Waals surface area contributed by atoms with Crippen molar-refractivity contribution in [1.82, 2.24) is 4.90 Å². The maximum absolute atomic E-state index is 14.0. The van der Waals surface area contributed by atoms with Crippen molar-refractivity contribution in [3.8, 4) is 5.75 Å². The van der Waals surface area contributed by atoms with Crippen LogP contribution in [0.15, 0.2) is 66.7 Å². The van der Waals surface area contributed by atoms with E-state index in [1.807, 2.05) is 44.2 Å². The molecule has 0 spiro atoms. The van der Waals surface area contributed by atoms with Gasteiger partial charge in [0.15, 0.2) is 6.10 Å². The minimum Gasteiger partial charge on any atom is -0.480 e. The first-order valence-corrected chi connectivity index (χ1v) is 11.3. The molecule has 0 radical (unpaired) electrons. The van der Waals surface area contributed by atoms with E-state index in [-0.39, 0.29) is 18.5 Å². The van der Waals surface area contributed by atoms with Crippen molar-refractivity contribution in [3.63, 3.8) is 0 Å². The topological polar surface area (TPSA) is 58.6 Å². The van der Waals surface area contributed by atoms with Crippen LogP contribution >= 0.6 is 0 Å². The fraction of sp³-hybridized carbons (Fsp3) is 0.259. The van der Waals surface area contributed by atoms with Crippen LogP contribution in [-0.2, 0) is 11.3 Å². The molecule has 34 heavy (non-hydrogen) atoms. The average molecular weight is 465 g/mol. The highest BCUT2D eigenvalue weighted by Crippen LogP contribution is 2.35. The molecule has 4 rings (SSSR count). The number of ether oxygens (including phenoxy) is 1. The molecule has 3 aromatic carbocycles. The zero-order chi connectivity index (χ0) is 24.2. The number of rotatable bonds is 6. The Morgan fingerprint density at radius 2 is 1.76 bits per heavy atom.